The van der Waals surface area contributed by atoms with E-state index in [0.717, 1.165) is 16.6 Å². The molecule has 3 rings (SSSR count). The molecular formula is C15H22ClNOS. The van der Waals surface area contributed by atoms with Crippen LogP contribution in [0.25, 0.3) is 0 Å². The van der Waals surface area contributed by atoms with Crippen molar-refractivity contribution in [3.05, 3.63) is 16.1 Å². The highest BCUT2D eigenvalue weighted by molar-refractivity contribution is 7.09. The highest BCUT2D eigenvalue weighted by Crippen LogP contribution is 2.66. The zero-order chi connectivity index (χ0) is 13.7. The van der Waals surface area contributed by atoms with E-state index < -0.39 is 0 Å². The second-order valence-corrected chi connectivity index (χ2v) is 7.99. The summed E-state index contributed by atoms with van der Waals surface area (Å²) in [6.07, 6.45) is 4.29. The lowest BCUT2D eigenvalue weighted by atomic mass is 9.70. The maximum absolute atomic E-state index is 6.22. The molecule has 1 aromatic heterocycles. The SMILES string of the molecule is CC1(C)C2CCC1(C)C(OCc1nc(CCl)cs1)C2. The van der Waals surface area contributed by atoms with E-state index >= 15 is 0 Å². The normalized spacial score (nSPS) is 36.0. The minimum absolute atomic E-state index is 0.338. The molecule has 4 heteroatoms. The van der Waals surface area contributed by atoms with Crippen molar-refractivity contribution in [3.8, 4) is 0 Å². The Kier molecular flexibility index (Phi) is 3.43. The molecule has 2 nitrogen and oxygen atoms in total. The number of rotatable bonds is 4. The highest BCUT2D eigenvalue weighted by atomic mass is 35.5. The monoisotopic (exact) mass is 299 g/mol. The second kappa shape index (κ2) is 4.71. The van der Waals surface area contributed by atoms with Crippen LogP contribution in [-0.4, -0.2) is 11.1 Å². The predicted octanol–water partition coefficient (Wildman–Crippen LogP) is 4.61. The van der Waals surface area contributed by atoms with Crippen LogP contribution in [0.2, 0.25) is 0 Å². The molecule has 0 N–H and O–H groups in total. The van der Waals surface area contributed by atoms with Gasteiger partial charge in [-0.2, -0.15) is 0 Å². The lowest BCUT2D eigenvalue weighted by Crippen LogP contribution is -2.37. The molecule has 2 saturated carbocycles. The van der Waals surface area contributed by atoms with Gasteiger partial charge in [0.2, 0.25) is 0 Å². The molecule has 1 heterocycles. The Balaban J connectivity index is 1.66. The van der Waals surface area contributed by atoms with E-state index in [1.165, 1.54) is 19.3 Å². The lowest BCUT2D eigenvalue weighted by Gasteiger charge is -2.38. The van der Waals surface area contributed by atoms with Crippen LogP contribution in [0.5, 0.6) is 0 Å². The van der Waals surface area contributed by atoms with Gasteiger partial charge in [-0.15, -0.1) is 22.9 Å². The third-order valence-electron chi connectivity index (χ3n) is 5.86. The van der Waals surface area contributed by atoms with E-state index in [1.54, 1.807) is 11.3 Å². The summed E-state index contributed by atoms with van der Waals surface area (Å²) in [4.78, 5) is 4.47. The number of hydrogen-bond acceptors (Lipinski definition) is 3. The van der Waals surface area contributed by atoms with Gasteiger partial charge in [0.15, 0.2) is 0 Å². The topological polar surface area (TPSA) is 22.1 Å². The van der Waals surface area contributed by atoms with Crippen molar-refractivity contribution >= 4 is 22.9 Å². The third kappa shape index (κ3) is 2.05. The van der Waals surface area contributed by atoms with Crippen molar-refractivity contribution in [2.75, 3.05) is 0 Å². The highest BCUT2D eigenvalue weighted by Gasteiger charge is 2.61. The molecule has 2 aliphatic carbocycles. The maximum Gasteiger partial charge on any atom is 0.119 e. The molecule has 2 aliphatic rings. The van der Waals surface area contributed by atoms with Crippen LogP contribution in [0.4, 0.5) is 0 Å². The van der Waals surface area contributed by atoms with Crippen molar-refractivity contribution in [1.29, 1.82) is 0 Å². The molecule has 1 aromatic rings. The lowest BCUT2D eigenvalue weighted by molar-refractivity contribution is -0.0550. The Morgan fingerprint density at radius 3 is 2.79 bits per heavy atom. The van der Waals surface area contributed by atoms with Gasteiger partial charge in [-0.25, -0.2) is 4.98 Å². The summed E-state index contributed by atoms with van der Waals surface area (Å²) in [5, 5.41) is 3.08. The van der Waals surface area contributed by atoms with Crippen LogP contribution >= 0.6 is 22.9 Å². The Hall–Kier alpha value is -0.120. The first-order valence-electron chi connectivity index (χ1n) is 7.08. The van der Waals surface area contributed by atoms with Crippen LogP contribution in [0.1, 0.15) is 50.7 Å². The average Bonchev–Trinajstić information content (AvgIpc) is 2.97. The first-order valence-corrected chi connectivity index (χ1v) is 8.49. The van der Waals surface area contributed by atoms with Crippen LogP contribution in [-0.2, 0) is 17.2 Å². The molecule has 0 amide bonds. The molecule has 3 atom stereocenters. The standard InChI is InChI=1S/C15H22ClNOS/c1-14(2)10-4-5-15(14,3)12(6-10)18-8-13-17-11(7-16)9-19-13/h9-10,12H,4-8H2,1-3H3. The van der Waals surface area contributed by atoms with Gasteiger partial charge in [-0.3, -0.25) is 0 Å². The first-order chi connectivity index (χ1) is 8.97. The number of thiazole rings is 1. The van der Waals surface area contributed by atoms with Crippen LogP contribution < -0.4 is 0 Å². The smallest absolute Gasteiger partial charge is 0.119 e. The zero-order valence-electron chi connectivity index (χ0n) is 11.9. The van der Waals surface area contributed by atoms with Gasteiger partial charge in [0.1, 0.15) is 5.01 Å². The largest absolute Gasteiger partial charge is 0.370 e. The molecule has 0 radical (unpaired) electrons. The summed E-state index contributed by atoms with van der Waals surface area (Å²) in [7, 11) is 0. The van der Waals surface area contributed by atoms with Gasteiger partial charge in [-0.1, -0.05) is 20.8 Å². The predicted molar refractivity (Wildman–Crippen MR) is 79.5 cm³/mol. The number of fused-ring (bicyclic) bond motifs is 2. The minimum Gasteiger partial charge on any atom is -0.370 e. The van der Waals surface area contributed by atoms with Gasteiger partial charge < -0.3 is 4.74 Å². The van der Waals surface area contributed by atoms with Crippen molar-refractivity contribution in [2.24, 2.45) is 16.7 Å². The summed E-state index contributed by atoms with van der Waals surface area (Å²) in [6.45, 7) is 7.90. The third-order valence-corrected chi connectivity index (χ3v) is 7.00. The van der Waals surface area contributed by atoms with Gasteiger partial charge in [-0.05, 0) is 36.0 Å². The van der Waals surface area contributed by atoms with E-state index in [4.69, 9.17) is 16.3 Å². The summed E-state index contributed by atoms with van der Waals surface area (Å²) in [5.41, 5.74) is 1.72. The minimum atomic E-state index is 0.338. The molecule has 3 unspecified atom stereocenters. The van der Waals surface area contributed by atoms with E-state index in [1.807, 2.05) is 5.38 Å². The van der Waals surface area contributed by atoms with Gasteiger partial charge in [0, 0.05) is 5.38 Å². The maximum atomic E-state index is 6.22. The summed E-state index contributed by atoms with van der Waals surface area (Å²) in [5.74, 6) is 1.32. The molecule has 106 valence electrons. The van der Waals surface area contributed by atoms with Crippen molar-refractivity contribution < 1.29 is 4.74 Å². The van der Waals surface area contributed by atoms with E-state index in [0.29, 0.717) is 29.4 Å². The van der Waals surface area contributed by atoms with Gasteiger partial charge in [0.05, 0.1) is 24.3 Å². The molecule has 19 heavy (non-hydrogen) atoms. The summed E-state index contributed by atoms with van der Waals surface area (Å²) >= 11 is 7.44. The molecule has 0 spiro atoms. The Bertz CT molecular complexity index is 472. The van der Waals surface area contributed by atoms with Crippen molar-refractivity contribution in [3.63, 3.8) is 0 Å². The zero-order valence-corrected chi connectivity index (χ0v) is 13.5. The number of ether oxygens (including phenoxy) is 1. The van der Waals surface area contributed by atoms with Crippen molar-refractivity contribution in [1.82, 2.24) is 4.98 Å². The fourth-order valence-electron chi connectivity index (χ4n) is 4.03. The van der Waals surface area contributed by atoms with E-state index in [-0.39, 0.29) is 0 Å². The van der Waals surface area contributed by atoms with Crippen LogP contribution in [0.3, 0.4) is 0 Å². The van der Waals surface area contributed by atoms with Crippen molar-refractivity contribution in [2.45, 2.75) is 58.6 Å². The molecule has 2 fully saturated rings. The Labute approximate surface area is 124 Å². The number of hydrogen-bond donors (Lipinski definition) is 0. The summed E-state index contributed by atoms with van der Waals surface area (Å²) in [6, 6.07) is 0. The fraction of sp³-hybridized carbons (Fsp3) is 0.800. The Morgan fingerprint density at radius 2 is 2.26 bits per heavy atom. The van der Waals surface area contributed by atoms with Crippen LogP contribution in [0, 0.1) is 16.7 Å². The van der Waals surface area contributed by atoms with E-state index in [9.17, 15) is 0 Å². The summed E-state index contributed by atoms with van der Waals surface area (Å²) < 4.78 is 6.22. The number of nitrogens with zero attached hydrogens (tertiary/aromatic N) is 1. The van der Waals surface area contributed by atoms with Gasteiger partial charge >= 0.3 is 0 Å². The number of alkyl halides is 1. The molecule has 0 saturated heterocycles. The first kappa shape index (κ1) is 13.8. The molecule has 0 aliphatic heterocycles. The van der Waals surface area contributed by atoms with E-state index in [2.05, 4.69) is 25.8 Å². The number of aromatic nitrogens is 1. The molecular weight excluding hydrogens is 278 g/mol. The fourth-order valence-corrected chi connectivity index (χ4v) is 4.97. The molecule has 2 bridgehead atoms. The Morgan fingerprint density at radius 1 is 1.47 bits per heavy atom. The van der Waals surface area contributed by atoms with Gasteiger partial charge in [0.25, 0.3) is 0 Å². The molecule has 0 aromatic carbocycles. The number of halogens is 1. The van der Waals surface area contributed by atoms with Crippen LogP contribution in [0.15, 0.2) is 5.38 Å². The average molecular weight is 300 g/mol. The quantitative estimate of drug-likeness (QED) is 0.757. The second-order valence-electron chi connectivity index (χ2n) is 6.78.